The zero-order chi connectivity index (χ0) is 15.2. The molecule has 0 aliphatic heterocycles. The monoisotopic (exact) mass is 305 g/mol. The van der Waals surface area contributed by atoms with E-state index in [0.717, 1.165) is 5.69 Å². The molecule has 0 aliphatic carbocycles. The van der Waals surface area contributed by atoms with Crippen LogP contribution in [0.5, 0.6) is 0 Å². The zero-order valence-corrected chi connectivity index (χ0v) is 12.7. The topological polar surface area (TPSA) is 54.9 Å². The molecule has 110 valence electrons. The predicted molar refractivity (Wildman–Crippen MR) is 81.0 cm³/mol. The highest BCUT2D eigenvalue weighted by Crippen LogP contribution is 2.10. The molecule has 1 amide bonds. The Hall–Kier alpha value is -1.95. The van der Waals surface area contributed by atoms with Crippen LogP contribution in [0, 0.1) is 12.7 Å². The van der Waals surface area contributed by atoms with Crippen molar-refractivity contribution in [1.29, 1.82) is 0 Å². The summed E-state index contributed by atoms with van der Waals surface area (Å²) < 4.78 is 13.5. The highest BCUT2D eigenvalue weighted by atomic mass is 32.2. The fraction of sp³-hybridized carbons (Fsp3) is 0.267. The molecule has 0 bridgehead atoms. The van der Waals surface area contributed by atoms with Crippen LogP contribution in [0.3, 0.4) is 0 Å². The number of rotatable bonds is 5. The van der Waals surface area contributed by atoms with E-state index in [4.69, 9.17) is 0 Å². The molecule has 0 unspecified atom stereocenters. The summed E-state index contributed by atoms with van der Waals surface area (Å²) in [6, 6.07) is 8.18. The lowest BCUT2D eigenvalue weighted by Crippen LogP contribution is -2.27. The van der Waals surface area contributed by atoms with Crippen LogP contribution < -0.4 is 5.32 Å². The first kappa shape index (κ1) is 15.4. The van der Waals surface area contributed by atoms with Crippen molar-refractivity contribution in [2.45, 2.75) is 18.5 Å². The zero-order valence-electron chi connectivity index (χ0n) is 11.9. The van der Waals surface area contributed by atoms with E-state index in [-0.39, 0.29) is 11.7 Å². The van der Waals surface area contributed by atoms with Gasteiger partial charge in [0.05, 0.1) is 0 Å². The van der Waals surface area contributed by atoms with Crippen LogP contribution in [0.15, 0.2) is 35.5 Å². The molecule has 21 heavy (non-hydrogen) atoms. The van der Waals surface area contributed by atoms with Gasteiger partial charge in [0.15, 0.2) is 5.16 Å². The Morgan fingerprint density at radius 3 is 2.81 bits per heavy atom. The van der Waals surface area contributed by atoms with E-state index in [0.29, 0.717) is 29.4 Å². The molecule has 0 saturated carbocycles. The summed E-state index contributed by atoms with van der Waals surface area (Å²) in [5, 5.41) is 3.31. The molecule has 0 atom stereocenters. The Morgan fingerprint density at radius 1 is 1.33 bits per heavy atom. The quantitative estimate of drug-likeness (QED) is 0.681. The lowest BCUT2D eigenvalue weighted by atomic mass is 10.1. The summed E-state index contributed by atoms with van der Waals surface area (Å²) in [5.74, 6) is -0.526. The fourth-order valence-electron chi connectivity index (χ4n) is 1.85. The van der Waals surface area contributed by atoms with E-state index >= 15 is 0 Å². The van der Waals surface area contributed by atoms with Crippen molar-refractivity contribution in [2.75, 3.05) is 12.8 Å². The van der Waals surface area contributed by atoms with Crippen molar-refractivity contribution in [3.05, 3.63) is 53.1 Å². The smallest absolute Gasteiger partial charge is 0.270 e. The number of benzene rings is 1. The average Bonchev–Trinajstić information content (AvgIpc) is 2.48. The first-order valence-corrected chi connectivity index (χ1v) is 7.74. The van der Waals surface area contributed by atoms with Gasteiger partial charge in [-0.2, -0.15) is 0 Å². The van der Waals surface area contributed by atoms with Crippen LogP contribution in [0.1, 0.15) is 21.7 Å². The largest absolute Gasteiger partial charge is 0.350 e. The van der Waals surface area contributed by atoms with Crippen molar-refractivity contribution in [3.63, 3.8) is 0 Å². The highest BCUT2D eigenvalue weighted by Gasteiger charge is 2.10. The van der Waals surface area contributed by atoms with E-state index in [1.807, 2.05) is 13.2 Å². The minimum absolute atomic E-state index is 0.255. The van der Waals surface area contributed by atoms with Crippen LogP contribution in [0.4, 0.5) is 4.39 Å². The van der Waals surface area contributed by atoms with E-state index in [2.05, 4.69) is 15.3 Å². The van der Waals surface area contributed by atoms with Crippen molar-refractivity contribution in [3.8, 4) is 0 Å². The molecule has 2 rings (SSSR count). The molecule has 1 aromatic carbocycles. The Morgan fingerprint density at radius 2 is 2.10 bits per heavy atom. The molecule has 6 heteroatoms. The molecule has 1 aromatic heterocycles. The van der Waals surface area contributed by atoms with Crippen LogP contribution in [-0.4, -0.2) is 28.7 Å². The Labute approximate surface area is 127 Å². The molecule has 0 aliphatic rings. The van der Waals surface area contributed by atoms with Gasteiger partial charge in [-0.15, -0.1) is 0 Å². The second-order valence-corrected chi connectivity index (χ2v) is 5.25. The minimum Gasteiger partial charge on any atom is -0.350 e. The summed E-state index contributed by atoms with van der Waals surface area (Å²) >= 11 is 1.39. The molecule has 1 heterocycles. The summed E-state index contributed by atoms with van der Waals surface area (Å²) in [7, 11) is 0. The number of hydrogen-bond donors (Lipinski definition) is 1. The van der Waals surface area contributed by atoms with E-state index in [1.165, 1.54) is 17.8 Å². The fourth-order valence-corrected chi connectivity index (χ4v) is 2.28. The Bertz CT molecular complexity index is 649. The number of aromatic nitrogens is 2. The van der Waals surface area contributed by atoms with Crippen molar-refractivity contribution >= 4 is 17.7 Å². The van der Waals surface area contributed by atoms with E-state index < -0.39 is 0 Å². The van der Waals surface area contributed by atoms with Gasteiger partial charge in [-0.05, 0) is 37.3 Å². The summed E-state index contributed by atoms with van der Waals surface area (Å²) in [6.07, 6.45) is 2.30. The SMILES string of the molecule is CSc1nc(C)cc(C(=O)NCCc2ccccc2F)n1. The van der Waals surface area contributed by atoms with Crippen molar-refractivity contribution < 1.29 is 9.18 Å². The summed E-state index contributed by atoms with van der Waals surface area (Å²) in [5.41, 5.74) is 1.66. The van der Waals surface area contributed by atoms with Crippen LogP contribution in [-0.2, 0) is 6.42 Å². The number of amides is 1. The Balaban J connectivity index is 1.96. The van der Waals surface area contributed by atoms with E-state index in [9.17, 15) is 9.18 Å². The van der Waals surface area contributed by atoms with Gasteiger partial charge in [-0.1, -0.05) is 30.0 Å². The van der Waals surface area contributed by atoms with Gasteiger partial charge in [0, 0.05) is 12.2 Å². The molecule has 0 fully saturated rings. The van der Waals surface area contributed by atoms with Gasteiger partial charge in [0.2, 0.25) is 0 Å². The average molecular weight is 305 g/mol. The third-order valence-corrected chi connectivity index (χ3v) is 3.43. The molecule has 4 nitrogen and oxygen atoms in total. The lowest BCUT2D eigenvalue weighted by molar-refractivity contribution is 0.0948. The van der Waals surface area contributed by atoms with Gasteiger partial charge in [0.25, 0.3) is 5.91 Å². The molecule has 2 aromatic rings. The summed E-state index contributed by atoms with van der Waals surface area (Å²) in [6.45, 7) is 2.18. The summed E-state index contributed by atoms with van der Waals surface area (Å²) in [4.78, 5) is 20.4. The number of aryl methyl sites for hydroxylation is 1. The minimum atomic E-state index is -0.271. The maximum absolute atomic E-state index is 13.5. The molecule has 1 N–H and O–H groups in total. The number of carbonyl (C=O) groups is 1. The van der Waals surface area contributed by atoms with Gasteiger partial charge >= 0.3 is 0 Å². The predicted octanol–water partition coefficient (Wildman–Crippen LogP) is 2.62. The number of nitrogens with zero attached hydrogens (tertiary/aromatic N) is 2. The van der Waals surface area contributed by atoms with Gasteiger partial charge in [-0.3, -0.25) is 4.79 Å². The van der Waals surface area contributed by atoms with E-state index in [1.54, 1.807) is 24.3 Å². The van der Waals surface area contributed by atoms with Gasteiger partial charge < -0.3 is 5.32 Å². The van der Waals surface area contributed by atoms with Crippen molar-refractivity contribution in [1.82, 2.24) is 15.3 Å². The standard InChI is InChI=1S/C15H16FN3OS/c1-10-9-13(19-15(18-10)21-2)14(20)17-8-7-11-5-3-4-6-12(11)16/h3-6,9H,7-8H2,1-2H3,(H,17,20). The second-order valence-electron chi connectivity index (χ2n) is 4.48. The molecule has 0 radical (unpaired) electrons. The van der Waals surface area contributed by atoms with Crippen LogP contribution in [0.2, 0.25) is 0 Å². The third-order valence-electron chi connectivity index (χ3n) is 2.89. The van der Waals surface area contributed by atoms with Gasteiger partial charge in [-0.25, -0.2) is 14.4 Å². The number of thioether (sulfide) groups is 1. The first-order chi connectivity index (χ1) is 10.1. The maximum Gasteiger partial charge on any atom is 0.270 e. The highest BCUT2D eigenvalue weighted by molar-refractivity contribution is 7.98. The first-order valence-electron chi connectivity index (χ1n) is 6.51. The molecular weight excluding hydrogens is 289 g/mol. The number of carbonyl (C=O) groups excluding carboxylic acids is 1. The maximum atomic E-state index is 13.5. The number of halogens is 1. The lowest BCUT2D eigenvalue weighted by Gasteiger charge is -2.07. The molecular formula is C15H16FN3OS. The van der Waals surface area contributed by atoms with Crippen LogP contribution in [0.25, 0.3) is 0 Å². The third kappa shape index (κ3) is 4.26. The number of hydrogen-bond acceptors (Lipinski definition) is 4. The normalized spacial score (nSPS) is 10.4. The molecule has 0 saturated heterocycles. The second kappa shape index (κ2) is 7.17. The number of nitrogens with one attached hydrogen (secondary N) is 1. The molecule has 0 spiro atoms. The van der Waals surface area contributed by atoms with Crippen molar-refractivity contribution in [2.24, 2.45) is 0 Å². The van der Waals surface area contributed by atoms with Gasteiger partial charge in [0.1, 0.15) is 11.5 Å². The Kier molecular flexibility index (Phi) is 5.27. The van der Waals surface area contributed by atoms with Crippen LogP contribution >= 0.6 is 11.8 Å².